The first kappa shape index (κ1) is 14.8. The maximum atomic E-state index is 13.8. The van der Waals surface area contributed by atoms with Crippen LogP contribution in [0, 0.1) is 5.82 Å². The molecule has 2 rings (SSSR count). The lowest BCUT2D eigenvalue weighted by Gasteiger charge is -2.27. The summed E-state index contributed by atoms with van der Waals surface area (Å²) >= 11 is 0. The molecule has 6 heteroatoms. The first-order valence-corrected chi connectivity index (χ1v) is 6.38. The zero-order chi connectivity index (χ0) is 15.6. The van der Waals surface area contributed by atoms with Crippen molar-refractivity contribution in [3.8, 4) is 0 Å². The van der Waals surface area contributed by atoms with Crippen LogP contribution >= 0.6 is 0 Å². The molecule has 0 aliphatic rings. The lowest BCUT2D eigenvalue weighted by Crippen LogP contribution is -2.24. The van der Waals surface area contributed by atoms with Gasteiger partial charge in [0.1, 0.15) is 5.82 Å². The van der Waals surface area contributed by atoms with Crippen molar-refractivity contribution in [2.75, 3.05) is 17.7 Å². The SMILES string of the molecule is CC(c1ccccc1F)N(C)c1ncc(C(=O)O)cc1N. The molecule has 1 aromatic carbocycles. The van der Waals surface area contributed by atoms with E-state index in [1.54, 1.807) is 30.1 Å². The summed E-state index contributed by atoms with van der Waals surface area (Å²) in [6.45, 7) is 1.82. The minimum atomic E-state index is -1.09. The van der Waals surface area contributed by atoms with Gasteiger partial charge in [-0.05, 0) is 19.1 Å². The molecule has 0 saturated carbocycles. The molecule has 1 heterocycles. The molecule has 1 aromatic heterocycles. The number of carboxylic acid groups (broad SMARTS) is 1. The Morgan fingerprint density at radius 3 is 2.67 bits per heavy atom. The first-order valence-electron chi connectivity index (χ1n) is 6.38. The molecule has 0 aliphatic heterocycles. The van der Waals surface area contributed by atoms with Crippen molar-refractivity contribution in [1.82, 2.24) is 4.98 Å². The topological polar surface area (TPSA) is 79.5 Å². The Kier molecular flexibility index (Phi) is 4.07. The number of carbonyl (C=O) groups is 1. The monoisotopic (exact) mass is 289 g/mol. The molecule has 0 radical (unpaired) electrons. The third-order valence-electron chi connectivity index (χ3n) is 3.41. The van der Waals surface area contributed by atoms with Crippen molar-refractivity contribution in [3.05, 3.63) is 53.5 Å². The van der Waals surface area contributed by atoms with Gasteiger partial charge in [-0.2, -0.15) is 0 Å². The number of rotatable bonds is 4. The van der Waals surface area contributed by atoms with Crippen LogP contribution in [0.1, 0.15) is 28.9 Å². The number of pyridine rings is 1. The van der Waals surface area contributed by atoms with Crippen LogP contribution in [-0.4, -0.2) is 23.1 Å². The highest BCUT2D eigenvalue weighted by Crippen LogP contribution is 2.29. The summed E-state index contributed by atoms with van der Waals surface area (Å²) in [5.41, 5.74) is 6.62. The van der Waals surface area contributed by atoms with Crippen LogP contribution < -0.4 is 10.6 Å². The number of aromatic nitrogens is 1. The summed E-state index contributed by atoms with van der Waals surface area (Å²) < 4.78 is 13.8. The van der Waals surface area contributed by atoms with E-state index in [0.29, 0.717) is 11.4 Å². The predicted octanol–water partition coefficient (Wildman–Crippen LogP) is 2.70. The molecule has 0 aliphatic carbocycles. The van der Waals surface area contributed by atoms with Crippen LogP contribution in [0.5, 0.6) is 0 Å². The lowest BCUT2D eigenvalue weighted by atomic mass is 10.1. The number of hydrogen-bond acceptors (Lipinski definition) is 4. The van der Waals surface area contributed by atoms with E-state index in [4.69, 9.17) is 10.8 Å². The maximum absolute atomic E-state index is 13.8. The van der Waals surface area contributed by atoms with E-state index in [2.05, 4.69) is 4.98 Å². The van der Waals surface area contributed by atoms with Crippen LogP contribution in [0.4, 0.5) is 15.9 Å². The Morgan fingerprint density at radius 2 is 2.10 bits per heavy atom. The Bertz CT molecular complexity index is 676. The van der Waals surface area contributed by atoms with Gasteiger partial charge in [0.05, 0.1) is 17.3 Å². The van der Waals surface area contributed by atoms with Crippen LogP contribution in [-0.2, 0) is 0 Å². The average Bonchev–Trinajstić information content (AvgIpc) is 2.46. The highest BCUT2D eigenvalue weighted by Gasteiger charge is 2.19. The van der Waals surface area contributed by atoms with Gasteiger partial charge in [0.2, 0.25) is 0 Å². The summed E-state index contributed by atoms with van der Waals surface area (Å²) in [6.07, 6.45) is 1.23. The van der Waals surface area contributed by atoms with E-state index in [1.807, 2.05) is 6.92 Å². The summed E-state index contributed by atoms with van der Waals surface area (Å²) in [6, 6.07) is 7.52. The Balaban J connectivity index is 2.34. The fourth-order valence-electron chi connectivity index (χ4n) is 2.09. The summed E-state index contributed by atoms with van der Waals surface area (Å²) in [4.78, 5) is 16.7. The minimum absolute atomic E-state index is 0.0168. The molecule has 0 bridgehead atoms. The van der Waals surface area contributed by atoms with Crippen LogP contribution in [0.25, 0.3) is 0 Å². The van der Waals surface area contributed by atoms with Gasteiger partial charge in [0, 0.05) is 18.8 Å². The van der Waals surface area contributed by atoms with Crippen molar-refractivity contribution in [1.29, 1.82) is 0 Å². The van der Waals surface area contributed by atoms with Gasteiger partial charge in [0.25, 0.3) is 0 Å². The zero-order valence-corrected chi connectivity index (χ0v) is 11.7. The molecule has 21 heavy (non-hydrogen) atoms. The summed E-state index contributed by atoms with van der Waals surface area (Å²) in [5.74, 6) is -0.987. The molecular weight excluding hydrogens is 273 g/mol. The first-order chi connectivity index (χ1) is 9.91. The number of nitrogens with zero attached hydrogens (tertiary/aromatic N) is 2. The number of nitrogens with two attached hydrogens (primary N) is 1. The highest BCUT2D eigenvalue weighted by atomic mass is 19.1. The van der Waals surface area contributed by atoms with Crippen molar-refractivity contribution < 1.29 is 14.3 Å². The molecule has 1 unspecified atom stereocenters. The lowest BCUT2D eigenvalue weighted by molar-refractivity contribution is 0.0696. The number of aromatic carboxylic acids is 1. The largest absolute Gasteiger partial charge is 0.478 e. The second-order valence-electron chi connectivity index (χ2n) is 4.75. The molecule has 0 fully saturated rings. The van der Waals surface area contributed by atoms with Gasteiger partial charge in [0.15, 0.2) is 5.82 Å². The summed E-state index contributed by atoms with van der Waals surface area (Å²) in [5, 5.41) is 8.90. The molecule has 110 valence electrons. The Morgan fingerprint density at radius 1 is 1.43 bits per heavy atom. The molecule has 3 N–H and O–H groups in total. The molecule has 5 nitrogen and oxygen atoms in total. The number of hydrogen-bond donors (Lipinski definition) is 2. The van der Waals surface area contributed by atoms with Crippen LogP contribution in [0.2, 0.25) is 0 Å². The maximum Gasteiger partial charge on any atom is 0.337 e. The number of carboxylic acids is 1. The zero-order valence-electron chi connectivity index (χ0n) is 11.7. The van der Waals surface area contributed by atoms with E-state index in [1.165, 1.54) is 18.3 Å². The number of nitrogen functional groups attached to an aromatic ring is 1. The number of halogens is 1. The van der Waals surface area contributed by atoms with Crippen molar-refractivity contribution >= 4 is 17.5 Å². The van der Waals surface area contributed by atoms with Gasteiger partial charge in [-0.25, -0.2) is 14.2 Å². The van der Waals surface area contributed by atoms with E-state index in [0.717, 1.165) is 0 Å². The fourth-order valence-corrected chi connectivity index (χ4v) is 2.09. The normalized spacial score (nSPS) is 12.0. The molecule has 2 aromatic rings. The third kappa shape index (κ3) is 2.94. The quantitative estimate of drug-likeness (QED) is 0.904. The van der Waals surface area contributed by atoms with E-state index in [-0.39, 0.29) is 23.1 Å². The van der Waals surface area contributed by atoms with E-state index in [9.17, 15) is 9.18 Å². The van der Waals surface area contributed by atoms with Crippen molar-refractivity contribution in [2.45, 2.75) is 13.0 Å². The second kappa shape index (κ2) is 5.78. The van der Waals surface area contributed by atoms with Crippen LogP contribution in [0.15, 0.2) is 36.5 Å². The predicted molar refractivity (Wildman–Crippen MR) is 78.8 cm³/mol. The minimum Gasteiger partial charge on any atom is -0.478 e. The van der Waals surface area contributed by atoms with Crippen LogP contribution in [0.3, 0.4) is 0 Å². The molecular formula is C15H16FN3O2. The molecule has 0 spiro atoms. The van der Waals surface area contributed by atoms with Gasteiger partial charge in [-0.15, -0.1) is 0 Å². The Hall–Kier alpha value is -2.63. The van der Waals surface area contributed by atoms with Gasteiger partial charge >= 0.3 is 5.97 Å². The number of anilines is 2. The molecule has 0 saturated heterocycles. The number of benzene rings is 1. The van der Waals surface area contributed by atoms with Gasteiger partial charge < -0.3 is 15.7 Å². The van der Waals surface area contributed by atoms with Gasteiger partial charge in [-0.1, -0.05) is 18.2 Å². The average molecular weight is 289 g/mol. The standard InChI is InChI=1S/C15H16FN3O2/c1-9(11-5-3-4-6-12(11)16)19(2)14-13(17)7-10(8-18-14)15(20)21/h3-9H,17H2,1-2H3,(H,20,21). The summed E-state index contributed by atoms with van der Waals surface area (Å²) in [7, 11) is 1.73. The molecule has 1 atom stereocenters. The third-order valence-corrected chi connectivity index (χ3v) is 3.41. The van der Waals surface area contributed by atoms with Crippen molar-refractivity contribution in [3.63, 3.8) is 0 Å². The fraction of sp³-hybridized carbons (Fsp3) is 0.200. The van der Waals surface area contributed by atoms with E-state index < -0.39 is 5.97 Å². The highest BCUT2D eigenvalue weighted by molar-refractivity contribution is 5.89. The second-order valence-corrected chi connectivity index (χ2v) is 4.75. The van der Waals surface area contributed by atoms with E-state index >= 15 is 0 Å². The Labute approximate surface area is 121 Å². The van der Waals surface area contributed by atoms with Crippen molar-refractivity contribution in [2.24, 2.45) is 0 Å². The smallest absolute Gasteiger partial charge is 0.337 e. The van der Waals surface area contributed by atoms with Gasteiger partial charge in [-0.3, -0.25) is 0 Å². The molecule has 0 amide bonds.